The van der Waals surface area contributed by atoms with Crippen molar-refractivity contribution < 1.29 is 14.0 Å². The van der Waals surface area contributed by atoms with Gasteiger partial charge in [0, 0.05) is 22.0 Å². The van der Waals surface area contributed by atoms with Gasteiger partial charge in [-0.2, -0.15) is 5.10 Å². The third kappa shape index (κ3) is 3.58. The second kappa shape index (κ2) is 7.10. The molecule has 1 aromatic carbocycles. The molecule has 130 valence electrons. The predicted octanol–water partition coefficient (Wildman–Crippen LogP) is 3.31. The van der Waals surface area contributed by atoms with Gasteiger partial charge in [-0.05, 0) is 47.8 Å². The number of aryl methyl sites for hydroxylation is 1. The maximum Gasteiger partial charge on any atom is 0.332 e. The Morgan fingerprint density at radius 3 is 2.76 bits per heavy atom. The standard InChI is InChI=1S/C17H17BrN4O3/c1-9-14-12(21-22-17(19)24)7-4-8-13(14)25-15(9)16(23)20-11-6-3-2-5-10(11)18/h2-3,5-6H,4,7-8H2,1H3,(H,20,23)(H3,19,22,24)/b21-12+. The fourth-order valence-electron chi connectivity index (χ4n) is 2.86. The molecule has 8 heteroatoms. The van der Waals surface area contributed by atoms with E-state index in [0.29, 0.717) is 35.6 Å². The first-order chi connectivity index (χ1) is 12.0. The van der Waals surface area contributed by atoms with Crippen molar-refractivity contribution >= 4 is 39.3 Å². The highest BCUT2D eigenvalue weighted by atomic mass is 79.9. The first-order valence-electron chi connectivity index (χ1n) is 7.78. The number of anilines is 1. The number of para-hydroxylation sites is 1. The van der Waals surface area contributed by atoms with Crippen molar-refractivity contribution in [2.45, 2.75) is 26.2 Å². The fraction of sp³-hybridized carbons (Fsp3) is 0.235. The average Bonchev–Trinajstić information content (AvgIpc) is 2.93. The monoisotopic (exact) mass is 404 g/mol. The summed E-state index contributed by atoms with van der Waals surface area (Å²) in [7, 11) is 0. The number of amides is 3. The Hall–Kier alpha value is -2.61. The molecule has 4 N–H and O–H groups in total. The summed E-state index contributed by atoms with van der Waals surface area (Å²) in [6.45, 7) is 1.81. The summed E-state index contributed by atoms with van der Waals surface area (Å²) < 4.78 is 6.58. The van der Waals surface area contributed by atoms with Crippen LogP contribution in [-0.2, 0) is 6.42 Å². The number of urea groups is 1. The van der Waals surface area contributed by atoms with Crippen LogP contribution in [0.3, 0.4) is 0 Å². The molecule has 0 fully saturated rings. The van der Waals surface area contributed by atoms with Crippen LogP contribution >= 0.6 is 15.9 Å². The van der Waals surface area contributed by atoms with Gasteiger partial charge in [0.25, 0.3) is 5.91 Å². The third-order valence-corrected chi connectivity index (χ3v) is 4.65. The molecule has 1 aliphatic carbocycles. The normalized spacial score (nSPS) is 14.9. The van der Waals surface area contributed by atoms with Crippen LogP contribution in [0.4, 0.5) is 10.5 Å². The number of hydrazone groups is 1. The van der Waals surface area contributed by atoms with E-state index in [1.807, 2.05) is 25.1 Å². The molecule has 0 bridgehead atoms. The molecule has 0 saturated carbocycles. The summed E-state index contributed by atoms with van der Waals surface area (Å²) in [5, 5.41) is 6.88. The number of halogens is 1. The number of primary amides is 1. The van der Waals surface area contributed by atoms with E-state index in [-0.39, 0.29) is 11.7 Å². The van der Waals surface area contributed by atoms with Gasteiger partial charge in [-0.3, -0.25) is 4.79 Å². The van der Waals surface area contributed by atoms with Gasteiger partial charge in [0.15, 0.2) is 5.76 Å². The van der Waals surface area contributed by atoms with Crippen LogP contribution < -0.4 is 16.5 Å². The highest BCUT2D eigenvalue weighted by Gasteiger charge is 2.28. The number of fused-ring (bicyclic) bond motifs is 1. The van der Waals surface area contributed by atoms with E-state index in [0.717, 1.165) is 16.5 Å². The molecule has 7 nitrogen and oxygen atoms in total. The number of hydrogen-bond donors (Lipinski definition) is 3. The Balaban J connectivity index is 1.92. The van der Waals surface area contributed by atoms with Crippen molar-refractivity contribution in [3.8, 4) is 0 Å². The lowest BCUT2D eigenvalue weighted by Crippen LogP contribution is -2.27. The minimum absolute atomic E-state index is 0.245. The van der Waals surface area contributed by atoms with Gasteiger partial charge in [0.1, 0.15) is 5.76 Å². The summed E-state index contributed by atoms with van der Waals surface area (Å²) in [6.07, 6.45) is 2.22. The molecule has 2 aromatic rings. The average molecular weight is 405 g/mol. The van der Waals surface area contributed by atoms with Crippen LogP contribution in [0.1, 0.15) is 40.3 Å². The topological polar surface area (TPSA) is 110 Å². The van der Waals surface area contributed by atoms with E-state index in [1.54, 1.807) is 6.07 Å². The molecule has 0 atom stereocenters. The zero-order chi connectivity index (χ0) is 18.0. The molecule has 3 amide bonds. The van der Waals surface area contributed by atoms with Crippen molar-refractivity contribution in [3.05, 3.63) is 51.4 Å². The number of rotatable bonds is 3. The Kier molecular flexibility index (Phi) is 4.89. The van der Waals surface area contributed by atoms with E-state index < -0.39 is 6.03 Å². The maximum absolute atomic E-state index is 12.6. The van der Waals surface area contributed by atoms with E-state index in [2.05, 4.69) is 31.8 Å². The molecular weight excluding hydrogens is 388 g/mol. The maximum atomic E-state index is 12.6. The van der Waals surface area contributed by atoms with Gasteiger partial charge < -0.3 is 15.5 Å². The number of nitrogens with one attached hydrogen (secondary N) is 2. The van der Waals surface area contributed by atoms with Crippen molar-refractivity contribution in [2.24, 2.45) is 10.8 Å². The summed E-state index contributed by atoms with van der Waals surface area (Å²) in [5.41, 5.74) is 10.1. The quantitative estimate of drug-likeness (QED) is 0.682. The van der Waals surface area contributed by atoms with E-state index in [1.165, 1.54) is 0 Å². The fourth-order valence-corrected chi connectivity index (χ4v) is 3.24. The van der Waals surface area contributed by atoms with Crippen molar-refractivity contribution in [3.63, 3.8) is 0 Å². The molecular formula is C17H17BrN4O3. The lowest BCUT2D eigenvalue weighted by molar-refractivity contribution is 0.0994. The highest BCUT2D eigenvalue weighted by Crippen LogP contribution is 2.31. The van der Waals surface area contributed by atoms with Crippen LogP contribution in [0.25, 0.3) is 0 Å². The molecule has 1 heterocycles. The van der Waals surface area contributed by atoms with Crippen LogP contribution in [0.5, 0.6) is 0 Å². The van der Waals surface area contributed by atoms with E-state index >= 15 is 0 Å². The number of carbonyl (C=O) groups is 2. The SMILES string of the molecule is Cc1c(C(=O)Nc2ccccc2Br)oc2c1/C(=N/NC(N)=O)CCC2. The number of nitrogens with two attached hydrogens (primary N) is 1. The molecule has 3 rings (SSSR count). The summed E-state index contributed by atoms with van der Waals surface area (Å²) >= 11 is 3.40. The molecule has 0 radical (unpaired) electrons. The van der Waals surface area contributed by atoms with Gasteiger partial charge >= 0.3 is 6.03 Å². The minimum atomic E-state index is -0.729. The zero-order valence-electron chi connectivity index (χ0n) is 13.6. The van der Waals surface area contributed by atoms with Gasteiger partial charge in [0.05, 0.1) is 11.4 Å². The number of carbonyl (C=O) groups excluding carboxylic acids is 2. The second-order valence-corrected chi connectivity index (χ2v) is 6.53. The smallest absolute Gasteiger partial charge is 0.332 e. The van der Waals surface area contributed by atoms with Crippen LogP contribution in [0, 0.1) is 6.92 Å². The zero-order valence-corrected chi connectivity index (χ0v) is 15.1. The van der Waals surface area contributed by atoms with Crippen molar-refractivity contribution in [1.29, 1.82) is 0 Å². The van der Waals surface area contributed by atoms with Crippen LogP contribution in [-0.4, -0.2) is 17.6 Å². The molecule has 0 aliphatic heterocycles. The highest BCUT2D eigenvalue weighted by molar-refractivity contribution is 9.10. The number of benzene rings is 1. The first-order valence-corrected chi connectivity index (χ1v) is 8.57. The Morgan fingerprint density at radius 1 is 1.28 bits per heavy atom. The van der Waals surface area contributed by atoms with Crippen molar-refractivity contribution in [2.75, 3.05) is 5.32 Å². The first kappa shape index (κ1) is 17.2. The molecule has 0 saturated heterocycles. The largest absolute Gasteiger partial charge is 0.455 e. The van der Waals surface area contributed by atoms with Crippen LogP contribution in [0.15, 0.2) is 38.3 Å². The lowest BCUT2D eigenvalue weighted by atomic mass is 9.93. The van der Waals surface area contributed by atoms with Gasteiger partial charge in [0.2, 0.25) is 0 Å². The van der Waals surface area contributed by atoms with Crippen LogP contribution in [0.2, 0.25) is 0 Å². The summed E-state index contributed by atoms with van der Waals surface area (Å²) in [4.78, 5) is 23.5. The van der Waals surface area contributed by atoms with Gasteiger partial charge in [-0.25, -0.2) is 10.2 Å². The summed E-state index contributed by atoms with van der Waals surface area (Å²) in [5.74, 6) is 0.612. The van der Waals surface area contributed by atoms with Gasteiger partial charge in [-0.1, -0.05) is 12.1 Å². The molecule has 1 aromatic heterocycles. The molecule has 25 heavy (non-hydrogen) atoms. The Labute approximate surface area is 152 Å². The third-order valence-electron chi connectivity index (χ3n) is 3.96. The van der Waals surface area contributed by atoms with Crippen molar-refractivity contribution in [1.82, 2.24) is 5.43 Å². The lowest BCUT2D eigenvalue weighted by Gasteiger charge is -2.13. The number of nitrogens with zero attached hydrogens (tertiary/aromatic N) is 1. The number of furan rings is 1. The predicted molar refractivity (Wildman–Crippen MR) is 97.7 cm³/mol. The molecule has 1 aliphatic rings. The van der Waals surface area contributed by atoms with E-state index in [9.17, 15) is 9.59 Å². The molecule has 0 spiro atoms. The summed E-state index contributed by atoms with van der Waals surface area (Å²) in [6, 6.07) is 6.61. The Bertz CT molecular complexity index is 873. The molecule has 0 unspecified atom stereocenters. The van der Waals surface area contributed by atoms with E-state index in [4.69, 9.17) is 10.2 Å². The van der Waals surface area contributed by atoms with Gasteiger partial charge in [-0.15, -0.1) is 0 Å². The second-order valence-electron chi connectivity index (χ2n) is 5.68. The Morgan fingerprint density at radius 2 is 2.04 bits per heavy atom. The minimum Gasteiger partial charge on any atom is -0.455 e. The number of hydrogen-bond acceptors (Lipinski definition) is 4.